The van der Waals surface area contributed by atoms with Crippen molar-refractivity contribution < 1.29 is 14.3 Å². The normalized spacial score (nSPS) is 14.5. The van der Waals surface area contributed by atoms with Gasteiger partial charge < -0.3 is 20.3 Å². The number of hydrogen-bond donors (Lipinski definition) is 2. The molecule has 160 valence electrons. The average Bonchev–Trinajstić information content (AvgIpc) is 2.74. The molecule has 0 saturated carbocycles. The third kappa shape index (κ3) is 5.32. The first kappa shape index (κ1) is 21.7. The van der Waals surface area contributed by atoms with Gasteiger partial charge in [0.15, 0.2) is 0 Å². The van der Waals surface area contributed by atoms with E-state index in [1.54, 1.807) is 13.2 Å². The highest BCUT2D eigenvalue weighted by molar-refractivity contribution is 5.97. The molecule has 0 bridgehead atoms. The number of methoxy groups -OCH3 is 1. The summed E-state index contributed by atoms with van der Waals surface area (Å²) in [6.07, 6.45) is 1.85. The van der Waals surface area contributed by atoms with Gasteiger partial charge in [-0.2, -0.15) is 0 Å². The van der Waals surface area contributed by atoms with Crippen molar-refractivity contribution in [1.29, 1.82) is 0 Å². The van der Waals surface area contributed by atoms with Crippen LogP contribution in [0.1, 0.15) is 54.1 Å². The van der Waals surface area contributed by atoms with E-state index in [1.807, 2.05) is 49.9 Å². The Kier molecular flexibility index (Phi) is 6.98. The molecule has 0 atom stereocenters. The molecule has 1 aliphatic rings. The van der Waals surface area contributed by atoms with Gasteiger partial charge in [0.25, 0.3) is 5.91 Å². The molecule has 0 radical (unpaired) electrons. The number of urea groups is 1. The van der Waals surface area contributed by atoms with Crippen molar-refractivity contribution >= 4 is 17.6 Å². The minimum Gasteiger partial charge on any atom is -0.497 e. The molecule has 0 aromatic heterocycles. The average molecular weight is 410 g/mol. The van der Waals surface area contributed by atoms with Gasteiger partial charge in [-0.3, -0.25) is 4.79 Å². The number of carbonyl (C=O) groups excluding carboxylic acids is 2. The molecule has 30 heavy (non-hydrogen) atoms. The van der Waals surface area contributed by atoms with Gasteiger partial charge in [0, 0.05) is 30.4 Å². The van der Waals surface area contributed by atoms with Crippen LogP contribution in [0.25, 0.3) is 0 Å². The van der Waals surface area contributed by atoms with Crippen molar-refractivity contribution in [2.24, 2.45) is 0 Å². The molecule has 3 amide bonds. The molecule has 1 heterocycles. The molecule has 1 fully saturated rings. The maximum absolute atomic E-state index is 13.0. The number of aryl methyl sites for hydroxylation is 1. The Morgan fingerprint density at radius 1 is 1.10 bits per heavy atom. The van der Waals surface area contributed by atoms with Gasteiger partial charge in [-0.1, -0.05) is 18.2 Å². The number of likely N-dealkylation sites (tertiary alicyclic amines) is 1. The number of carbonyl (C=O) groups is 2. The van der Waals surface area contributed by atoms with Gasteiger partial charge in [0.1, 0.15) is 5.75 Å². The van der Waals surface area contributed by atoms with E-state index >= 15 is 0 Å². The van der Waals surface area contributed by atoms with Crippen LogP contribution in [0.15, 0.2) is 42.5 Å². The molecule has 0 aliphatic carbocycles. The largest absolute Gasteiger partial charge is 0.497 e. The standard InChI is InChI=1S/C24H31N3O3/c1-16(2)25-24(29)26-22-15-20(9-8-17(22)3)23(28)27-12-10-18(11-13-27)19-6-5-7-21(14-19)30-4/h5-9,14-16,18H,10-13H2,1-4H3,(H2,25,26,29). The SMILES string of the molecule is COc1cccc(C2CCN(C(=O)c3ccc(C)c(NC(=O)NC(C)C)c3)CC2)c1. The molecule has 6 heteroatoms. The smallest absolute Gasteiger partial charge is 0.319 e. The number of piperidine rings is 1. The summed E-state index contributed by atoms with van der Waals surface area (Å²) in [5.41, 5.74) is 3.44. The number of nitrogens with zero attached hydrogens (tertiary/aromatic N) is 1. The van der Waals surface area contributed by atoms with Crippen LogP contribution in [0.4, 0.5) is 10.5 Å². The minimum atomic E-state index is -0.267. The highest BCUT2D eigenvalue weighted by Gasteiger charge is 2.25. The van der Waals surface area contributed by atoms with Crippen molar-refractivity contribution in [1.82, 2.24) is 10.2 Å². The van der Waals surface area contributed by atoms with Gasteiger partial charge in [-0.25, -0.2) is 4.79 Å². The third-order valence-electron chi connectivity index (χ3n) is 5.50. The second-order valence-electron chi connectivity index (χ2n) is 8.13. The van der Waals surface area contributed by atoms with Crippen LogP contribution in [0.3, 0.4) is 0 Å². The van der Waals surface area contributed by atoms with Crippen LogP contribution in [-0.4, -0.2) is 43.1 Å². The molecule has 2 aromatic rings. The Balaban J connectivity index is 1.64. The second kappa shape index (κ2) is 9.65. The molecular weight excluding hydrogens is 378 g/mol. The molecule has 2 aromatic carbocycles. The van der Waals surface area contributed by atoms with E-state index in [0.29, 0.717) is 30.3 Å². The fraction of sp³-hybridized carbons (Fsp3) is 0.417. The zero-order valence-electron chi connectivity index (χ0n) is 18.2. The van der Waals surface area contributed by atoms with Crippen LogP contribution in [0.2, 0.25) is 0 Å². The summed E-state index contributed by atoms with van der Waals surface area (Å²) < 4.78 is 5.33. The maximum Gasteiger partial charge on any atom is 0.319 e. The lowest BCUT2D eigenvalue weighted by atomic mass is 9.89. The number of amides is 3. The molecule has 1 saturated heterocycles. The lowest BCUT2D eigenvalue weighted by Gasteiger charge is -2.32. The summed E-state index contributed by atoms with van der Waals surface area (Å²) in [5.74, 6) is 1.30. The summed E-state index contributed by atoms with van der Waals surface area (Å²) in [6, 6.07) is 13.4. The second-order valence-corrected chi connectivity index (χ2v) is 8.13. The molecule has 3 rings (SSSR count). The minimum absolute atomic E-state index is 0.00594. The Morgan fingerprint density at radius 3 is 2.50 bits per heavy atom. The quantitative estimate of drug-likeness (QED) is 0.761. The summed E-state index contributed by atoms with van der Waals surface area (Å²) in [5, 5.41) is 5.65. The molecule has 6 nitrogen and oxygen atoms in total. The molecule has 2 N–H and O–H groups in total. The predicted molar refractivity (Wildman–Crippen MR) is 119 cm³/mol. The van der Waals surface area contributed by atoms with E-state index in [4.69, 9.17) is 4.74 Å². The molecule has 0 unspecified atom stereocenters. The third-order valence-corrected chi connectivity index (χ3v) is 5.50. The zero-order chi connectivity index (χ0) is 21.7. The van der Waals surface area contributed by atoms with Crippen molar-refractivity contribution in [3.05, 3.63) is 59.2 Å². The van der Waals surface area contributed by atoms with Crippen molar-refractivity contribution in [3.8, 4) is 5.75 Å². The lowest BCUT2D eigenvalue weighted by Crippen LogP contribution is -2.38. The summed E-state index contributed by atoms with van der Waals surface area (Å²) in [6.45, 7) is 7.15. The van der Waals surface area contributed by atoms with Crippen molar-refractivity contribution in [2.75, 3.05) is 25.5 Å². The molecule has 1 aliphatic heterocycles. The number of rotatable bonds is 5. The highest BCUT2D eigenvalue weighted by atomic mass is 16.5. The van der Waals surface area contributed by atoms with Crippen molar-refractivity contribution in [2.45, 2.75) is 45.6 Å². The van der Waals surface area contributed by atoms with E-state index in [0.717, 1.165) is 24.2 Å². The van der Waals surface area contributed by atoms with Gasteiger partial charge in [-0.15, -0.1) is 0 Å². The number of hydrogen-bond acceptors (Lipinski definition) is 3. The highest BCUT2D eigenvalue weighted by Crippen LogP contribution is 2.31. The first-order chi connectivity index (χ1) is 14.4. The summed E-state index contributed by atoms with van der Waals surface area (Å²) in [4.78, 5) is 27.0. The molecule has 0 spiro atoms. The lowest BCUT2D eigenvalue weighted by molar-refractivity contribution is 0.0713. The Morgan fingerprint density at radius 2 is 1.83 bits per heavy atom. The fourth-order valence-corrected chi connectivity index (χ4v) is 3.80. The predicted octanol–water partition coefficient (Wildman–Crippen LogP) is 4.55. The van der Waals surface area contributed by atoms with E-state index in [9.17, 15) is 9.59 Å². The molecular formula is C24H31N3O3. The van der Waals surface area contributed by atoms with Crippen LogP contribution in [0.5, 0.6) is 5.75 Å². The monoisotopic (exact) mass is 409 g/mol. The first-order valence-corrected chi connectivity index (χ1v) is 10.5. The van der Waals surface area contributed by atoms with Gasteiger partial charge in [0.2, 0.25) is 0 Å². The Labute approximate surface area is 178 Å². The van der Waals surface area contributed by atoms with E-state index in [1.165, 1.54) is 5.56 Å². The maximum atomic E-state index is 13.0. The van der Waals surface area contributed by atoms with Gasteiger partial charge >= 0.3 is 6.03 Å². The van der Waals surface area contributed by atoms with Crippen LogP contribution in [-0.2, 0) is 0 Å². The Hall–Kier alpha value is -3.02. The zero-order valence-corrected chi connectivity index (χ0v) is 18.2. The van der Waals surface area contributed by atoms with Crippen LogP contribution in [0, 0.1) is 6.92 Å². The fourth-order valence-electron chi connectivity index (χ4n) is 3.80. The summed E-state index contributed by atoms with van der Waals surface area (Å²) in [7, 11) is 1.68. The first-order valence-electron chi connectivity index (χ1n) is 10.5. The number of ether oxygens (including phenoxy) is 1. The Bertz CT molecular complexity index is 902. The summed E-state index contributed by atoms with van der Waals surface area (Å²) >= 11 is 0. The van der Waals surface area contributed by atoms with Crippen LogP contribution < -0.4 is 15.4 Å². The van der Waals surface area contributed by atoms with E-state index in [-0.39, 0.29) is 18.0 Å². The number of anilines is 1. The van der Waals surface area contributed by atoms with Gasteiger partial charge in [-0.05, 0) is 74.9 Å². The van der Waals surface area contributed by atoms with Crippen molar-refractivity contribution in [3.63, 3.8) is 0 Å². The van der Waals surface area contributed by atoms with E-state index < -0.39 is 0 Å². The van der Waals surface area contributed by atoms with E-state index in [2.05, 4.69) is 22.8 Å². The van der Waals surface area contributed by atoms with Gasteiger partial charge in [0.05, 0.1) is 7.11 Å². The topological polar surface area (TPSA) is 70.7 Å². The number of nitrogens with one attached hydrogen (secondary N) is 2. The van der Waals surface area contributed by atoms with Crippen LogP contribution >= 0.6 is 0 Å². The number of benzene rings is 2.